The average Bonchev–Trinajstić information content (AvgIpc) is 2.72. The van der Waals surface area contributed by atoms with Gasteiger partial charge in [-0.15, -0.1) is 0 Å². The van der Waals surface area contributed by atoms with Crippen molar-refractivity contribution in [2.24, 2.45) is 5.92 Å². The maximum atomic E-state index is 12.5. The van der Waals surface area contributed by atoms with Crippen LogP contribution in [-0.2, 0) is 19.4 Å². The molecule has 0 aliphatic carbocycles. The van der Waals surface area contributed by atoms with Gasteiger partial charge in [0, 0.05) is 37.0 Å². The van der Waals surface area contributed by atoms with E-state index in [2.05, 4.69) is 5.32 Å². The summed E-state index contributed by atoms with van der Waals surface area (Å²) in [5.74, 6) is -0.421. The van der Waals surface area contributed by atoms with Gasteiger partial charge in [0.25, 0.3) is 0 Å². The Morgan fingerprint density at radius 1 is 1.03 bits per heavy atom. The third-order valence-corrected chi connectivity index (χ3v) is 6.04. The van der Waals surface area contributed by atoms with Crippen molar-refractivity contribution in [3.63, 3.8) is 0 Å². The number of benzene rings is 2. The van der Waals surface area contributed by atoms with Crippen LogP contribution in [0.15, 0.2) is 65.6 Å². The molecule has 3 rings (SSSR count). The zero-order valence-electron chi connectivity index (χ0n) is 16.2. The first-order valence-corrected chi connectivity index (χ1v) is 11.3. The molecular formula is C22H24N2O4S. The third-order valence-electron chi connectivity index (χ3n) is 4.93. The van der Waals surface area contributed by atoms with Crippen molar-refractivity contribution in [1.29, 1.82) is 0 Å². The number of amides is 2. The Morgan fingerprint density at radius 3 is 2.38 bits per heavy atom. The average molecular weight is 413 g/mol. The zero-order chi connectivity index (χ0) is 20.9. The topological polar surface area (TPSA) is 83.6 Å². The van der Waals surface area contributed by atoms with E-state index < -0.39 is 9.84 Å². The molecule has 0 atom stereocenters. The van der Waals surface area contributed by atoms with E-state index in [1.54, 1.807) is 29.2 Å². The maximum absolute atomic E-state index is 12.5. The summed E-state index contributed by atoms with van der Waals surface area (Å²) in [4.78, 5) is 26.8. The van der Waals surface area contributed by atoms with Gasteiger partial charge in [0.1, 0.15) is 0 Å². The summed E-state index contributed by atoms with van der Waals surface area (Å²) < 4.78 is 23.3. The molecule has 0 aromatic heterocycles. The Hall–Kier alpha value is -2.93. The first-order chi connectivity index (χ1) is 13.8. The molecule has 0 unspecified atom stereocenters. The predicted molar refractivity (Wildman–Crippen MR) is 113 cm³/mol. The van der Waals surface area contributed by atoms with Gasteiger partial charge in [-0.25, -0.2) is 8.42 Å². The van der Waals surface area contributed by atoms with Gasteiger partial charge in [0.15, 0.2) is 9.84 Å². The molecule has 1 N–H and O–H groups in total. The number of likely N-dealkylation sites (tertiary alicyclic amines) is 1. The van der Waals surface area contributed by atoms with Crippen LogP contribution in [0, 0.1) is 5.92 Å². The first kappa shape index (κ1) is 20.8. The highest BCUT2D eigenvalue weighted by Gasteiger charge is 2.26. The van der Waals surface area contributed by atoms with Crippen LogP contribution in [0.3, 0.4) is 0 Å². The minimum atomic E-state index is -3.33. The molecule has 7 heteroatoms. The van der Waals surface area contributed by atoms with Crippen LogP contribution >= 0.6 is 0 Å². The van der Waals surface area contributed by atoms with Gasteiger partial charge in [-0.1, -0.05) is 36.4 Å². The Bertz CT molecular complexity index is 1010. The van der Waals surface area contributed by atoms with E-state index in [1.165, 1.54) is 12.1 Å². The minimum absolute atomic E-state index is 0.0615. The normalized spacial score (nSPS) is 15.4. The standard InChI is InChI=1S/C22H24N2O4S/c1-29(27,28)20-9-5-8-19(16-20)23-22(26)18-12-14-24(15-13-18)21(25)11-10-17-6-3-2-4-7-17/h2-11,16,18H,12-15H2,1H3,(H,23,26)/b11-10+. The number of anilines is 1. The lowest BCUT2D eigenvalue weighted by molar-refractivity contribution is -0.130. The summed E-state index contributed by atoms with van der Waals surface area (Å²) in [6.45, 7) is 1.03. The Balaban J connectivity index is 1.53. The number of hydrogen-bond acceptors (Lipinski definition) is 4. The molecule has 0 spiro atoms. The van der Waals surface area contributed by atoms with Crippen LogP contribution < -0.4 is 5.32 Å². The van der Waals surface area contributed by atoms with Crippen LogP contribution in [0.4, 0.5) is 5.69 Å². The second-order valence-corrected chi connectivity index (χ2v) is 9.15. The van der Waals surface area contributed by atoms with Gasteiger partial charge >= 0.3 is 0 Å². The number of piperidine rings is 1. The molecule has 1 aliphatic rings. The van der Waals surface area contributed by atoms with Crippen molar-refractivity contribution in [1.82, 2.24) is 4.90 Å². The molecular weight excluding hydrogens is 388 g/mol. The van der Waals surface area contributed by atoms with Crippen molar-refractivity contribution in [3.05, 3.63) is 66.2 Å². The van der Waals surface area contributed by atoms with Crippen LogP contribution in [0.5, 0.6) is 0 Å². The third kappa shape index (κ3) is 5.77. The van der Waals surface area contributed by atoms with E-state index in [-0.39, 0.29) is 22.6 Å². The second kappa shape index (κ2) is 9.05. The molecule has 29 heavy (non-hydrogen) atoms. The summed E-state index contributed by atoms with van der Waals surface area (Å²) in [6.07, 6.45) is 5.63. The number of rotatable bonds is 5. The number of nitrogens with zero attached hydrogens (tertiary/aromatic N) is 1. The fourth-order valence-corrected chi connectivity index (χ4v) is 3.91. The molecule has 1 aliphatic heterocycles. The molecule has 0 bridgehead atoms. The fraction of sp³-hybridized carbons (Fsp3) is 0.273. The minimum Gasteiger partial charge on any atom is -0.339 e. The predicted octanol–water partition coefficient (Wildman–Crippen LogP) is 2.98. The molecule has 1 saturated heterocycles. The Kier molecular flexibility index (Phi) is 6.49. The van der Waals surface area contributed by atoms with E-state index >= 15 is 0 Å². The molecule has 2 aromatic carbocycles. The van der Waals surface area contributed by atoms with Gasteiger partial charge < -0.3 is 10.2 Å². The van der Waals surface area contributed by atoms with Crippen molar-refractivity contribution >= 4 is 33.4 Å². The van der Waals surface area contributed by atoms with Crippen molar-refractivity contribution in [3.8, 4) is 0 Å². The van der Waals surface area contributed by atoms with E-state index in [4.69, 9.17) is 0 Å². The number of nitrogens with one attached hydrogen (secondary N) is 1. The van der Waals surface area contributed by atoms with Crippen LogP contribution in [0.2, 0.25) is 0 Å². The first-order valence-electron chi connectivity index (χ1n) is 9.46. The summed E-state index contributed by atoms with van der Waals surface area (Å²) in [6, 6.07) is 15.8. The van der Waals surface area contributed by atoms with Crippen LogP contribution in [-0.4, -0.2) is 44.5 Å². The quantitative estimate of drug-likeness (QED) is 0.766. The maximum Gasteiger partial charge on any atom is 0.246 e. The van der Waals surface area contributed by atoms with Gasteiger partial charge in [0.05, 0.1) is 4.90 Å². The van der Waals surface area contributed by atoms with E-state index in [0.717, 1.165) is 11.8 Å². The summed E-state index contributed by atoms with van der Waals surface area (Å²) in [5, 5.41) is 2.79. The Labute approximate surface area is 171 Å². The highest BCUT2D eigenvalue weighted by atomic mass is 32.2. The lowest BCUT2D eigenvalue weighted by atomic mass is 9.95. The zero-order valence-corrected chi connectivity index (χ0v) is 17.1. The lowest BCUT2D eigenvalue weighted by Gasteiger charge is -2.30. The summed E-state index contributed by atoms with van der Waals surface area (Å²) in [5.41, 5.74) is 1.42. The highest BCUT2D eigenvalue weighted by Crippen LogP contribution is 2.21. The SMILES string of the molecule is CS(=O)(=O)c1cccc(NC(=O)C2CCN(C(=O)/C=C/c3ccccc3)CC2)c1. The van der Waals surface area contributed by atoms with E-state index in [1.807, 2.05) is 30.3 Å². The highest BCUT2D eigenvalue weighted by molar-refractivity contribution is 7.90. The number of carbonyl (C=O) groups is 2. The molecule has 0 radical (unpaired) electrons. The van der Waals surface area contributed by atoms with E-state index in [0.29, 0.717) is 31.6 Å². The van der Waals surface area contributed by atoms with Crippen molar-refractivity contribution < 1.29 is 18.0 Å². The van der Waals surface area contributed by atoms with Crippen LogP contribution in [0.25, 0.3) is 6.08 Å². The number of hydrogen-bond donors (Lipinski definition) is 1. The van der Waals surface area contributed by atoms with Gasteiger partial charge in [-0.2, -0.15) is 0 Å². The van der Waals surface area contributed by atoms with Gasteiger partial charge in [-0.3, -0.25) is 9.59 Å². The molecule has 2 amide bonds. The summed E-state index contributed by atoms with van der Waals surface area (Å²) in [7, 11) is -3.33. The molecule has 1 fully saturated rings. The van der Waals surface area contributed by atoms with Gasteiger partial charge in [0.2, 0.25) is 11.8 Å². The molecule has 152 valence electrons. The van der Waals surface area contributed by atoms with E-state index in [9.17, 15) is 18.0 Å². The van der Waals surface area contributed by atoms with Crippen molar-refractivity contribution in [2.75, 3.05) is 24.7 Å². The Morgan fingerprint density at radius 2 is 1.72 bits per heavy atom. The van der Waals surface area contributed by atoms with Gasteiger partial charge in [-0.05, 0) is 42.7 Å². The lowest BCUT2D eigenvalue weighted by Crippen LogP contribution is -2.40. The molecule has 0 saturated carbocycles. The monoisotopic (exact) mass is 412 g/mol. The largest absolute Gasteiger partial charge is 0.339 e. The summed E-state index contributed by atoms with van der Waals surface area (Å²) >= 11 is 0. The molecule has 1 heterocycles. The van der Waals surface area contributed by atoms with Crippen LogP contribution in [0.1, 0.15) is 18.4 Å². The number of sulfone groups is 1. The second-order valence-electron chi connectivity index (χ2n) is 7.13. The van der Waals surface area contributed by atoms with Crippen molar-refractivity contribution in [2.45, 2.75) is 17.7 Å². The number of carbonyl (C=O) groups excluding carboxylic acids is 2. The smallest absolute Gasteiger partial charge is 0.246 e. The fourth-order valence-electron chi connectivity index (χ4n) is 3.25. The molecule has 2 aromatic rings. The molecule has 6 nitrogen and oxygen atoms in total.